The lowest BCUT2D eigenvalue weighted by Gasteiger charge is -2.62. The maximum atomic E-state index is 13.1. The monoisotopic (exact) mass is 456 g/mol. The van der Waals surface area contributed by atoms with Crippen molar-refractivity contribution in [1.29, 1.82) is 0 Å². The SMILES string of the molecule is Cc1cncc(C(=O)NC23CC4CC(CC(NC(=O)c5cccc(OC(F)F)c5)(C4)C2)C3)n1. The number of rotatable bonds is 6. The van der Waals surface area contributed by atoms with Crippen LogP contribution in [0.2, 0.25) is 0 Å². The van der Waals surface area contributed by atoms with Gasteiger partial charge in [-0.1, -0.05) is 6.07 Å². The van der Waals surface area contributed by atoms with Gasteiger partial charge in [-0.2, -0.15) is 8.78 Å². The standard InChI is InChI=1S/C24H26F2N4O3/c1-14-11-27-12-19(28-14)21(32)30-24-9-15-5-16(10-24)8-23(7-15,13-24)29-20(31)17-3-2-4-18(6-17)33-22(25)26/h2-4,6,11-12,15-16,22H,5,7-10,13H2,1H3,(H,29,31)(H,30,32). The van der Waals surface area contributed by atoms with Gasteiger partial charge in [0.2, 0.25) is 0 Å². The number of hydrogen-bond acceptors (Lipinski definition) is 5. The summed E-state index contributed by atoms with van der Waals surface area (Å²) in [5.41, 5.74) is 0.402. The van der Waals surface area contributed by atoms with Crippen LogP contribution < -0.4 is 15.4 Å². The predicted molar refractivity (Wildman–Crippen MR) is 115 cm³/mol. The minimum Gasteiger partial charge on any atom is -0.435 e. The van der Waals surface area contributed by atoms with Crippen molar-refractivity contribution >= 4 is 11.8 Å². The molecule has 1 aromatic carbocycles. The molecular weight excluding hydrogens is 430 g/mol. The van der Waals surface area contributed by atoms with Crippen molar-refractivity contribution in [3.05, 3.63) is 53.6 Å². The van der Waals surface area contributed by atoms with Crippen LogP contribution in [0, 0.1) is 18.8 Å². The second-order valence-corrected chi connectivity index (χ2v) is 9.88. The van der Waals surface area contributed by atoms with Gasteiger partial charge in [-0.05, 0) is 75.5 Å². The van der Waals surface area contributed by atoms with Gasteiger partial charge in [-0.3, -0.25) is 14.6 Å². The highest BCUT2D eigenvalue weighted by Crippen LogP contribution is 2.57. The van der Waals surface area contributed by atoms with E-state index < -0.39 is 17.7 Å². The summed E-state index contributed by atoms with van der Waals surface area (Å²) >= 11 is 0. The Labute approximate surface area is 190 Å². The lowest BCUT2D eigenvalue weighted by Crippen LogP contribution is -2.69. The fraction of sp³-hybridized carbons (Fsp3) is 0.500. The van der Waals surface area contributed by atoms with Crippen molar-refractivity contribution in [2.75, 3.05) is 0 Å². The number of nitrogens with one attached hydrogen (secondary N) is 2. The molecule has 1 heterocycles. The molecule has 33 heavy (non-hydrogen) atoms. The summed E-state index contributed by atoms with van der Waals surface area (Å²) in [6.07, 6.45) is 8.26. The number of carbonyl (C=O) groups excluding carboxylic acids is 2. The van der Waals surface area contributed by atoms with Crippen LogP contribution in [0.5, 0.6) is 5.75 Å². The topological polar surface area (TPSA) is 93.2 Å². The molecule has 0 aliphatic heterocycles. The third-order valence-corrected chi connectivity index (χ3v) is 7.13. The van der Waals surface area contributed by atoms with Gasteiger partial charge in [-0.25, -0.2) is 4.98 Å². The van der Waals surface area contributed by atoms with Crippen molar-refractivity contribution in [2.24, 2.45) is 11.8 Å². The zero-order valence-electron chi connectivity index (χ0n) is 18.3. The Morgan fingerprint density at radius 3 is 2.36 bits per heavy atom. The summed E-state index contributed by atoms with van der Waals surface area (Å²) in [5, 5.41) is 6.45. The predicted octanol–water partition coefficient (Wildman–Crippen LogP) is 3.64. The van der Waals surface area contributed by atoms with Crippen molar-refractivity contribution in [2.45, 2.75) is 63.1 Å². The van der Waals surface area contributed by atoms with Gasteiger partial charge >= 0.3 is 6.61 Å². The van der Waals surface area contributed by atoms with Crippen LogP contribution in [-0.4, -0.2) is 39.5 Å². The fourth-order valence-electron chi connectivity index (χ4n) is 6.56. The van der Waals surface area contributed by atoms with Crippen LogP contribution in [0.3, 0.4) is 0 Å². The van der Waals surface area contributed by atoms with Gasteiger partial charge < -0.3 is 15.4 Å². The van der Waals surface area contributed by atoms with E-state index in [2.05, 4.69) is 25.3 Å². The molecule has 9 heteroatoms. The molecule has 4 saturated carbocycles. The molecule has 0 saturated heterocycles. The highest BCUT2D eigenvalue weighted by atomic mass is 19.3. The van der Waals surface area contributed by atoms with Crippen LogP contribution in [0.15, 0.2) is 36.7 Å². The molecular formula is C24H26F2N4O3. The fourth-order valence-corrected chi connectivity index (χ4v) is 6.56. The third-order valence-electron chi connectivity index (χ3n) is 7.13. The van der Waals surface area contributed by atoms with E-state index in [0.29, 0.717) is 29.6 Å². The summed E-state index contributed by atoms with van der Waals surface area (Å²) in [6, 6.07) is 5.83. The van der Waals surface area contributed by atoms with Crippen molar-refractivity contribution in [3.63, 3.8) is 0 Å². The zero-order chi connectivity index (χ0) is 23.2. The number of aromatic nitrogens is 2. The molecule has 2 N–H and O–H groups in total. The van der Waals surface area contributed by atoms with Crippen molar-refractivity contribution in [1.82, 2.24) is 20.6 Å². The van der Waals surface area contributed by atoms with Gasteiger partial charge in [0.05, 0.1) is 11.9 Å². The van der Waals surface area contributed by atoms with E-state index >= 15 is 0 Å². The Morgan fingerprint density at radius 2 is 1.73 bits per heavy atom. The van der Waals surface area contributed by atoms with E-state index in [-0.39, 0.29) is 23.1 Å². The van der Waals surface area contributed by atoms with Gasteiger partial charge in [0.15, 0.2) is 0 Å². The van der Waals surface area contributed by atoms with E-state index in [4.69, 9.17) is 0 Å². The number of aryl methyl sites for hydroxylation is 1. The molecule has 0 radical (unpaired) electrons. The molecule has 2 amide bonds. The van der Waals surface area contributed by atoms with E-state index in [1.807, 2.05) is 0 Å². The first-order chi connectivity index (χ1) is 15.7. The Kier molecular flexibility index (Phi) is 5.29. The lowest BCUT2D eigenvalue weighted by molar-refractivity contribution is -0.0502. The van der Waals surface area contributed by atoms with Gasteiger partial charge in [0.1, 0.15) is 11.4 Å². The quantitative estimate of drug-likeness (QED) is 0.692. The van der Waals surface area contributed by atoms with Crippen LogP contribution in [0.4, 0.5) is 8.78 Å². The number of benzene rings is 1. The lowest BCUT2D eigenvalue weighted by atomic mass is 9.49. The van der Waals surface area contributed by atoms with Crippen molar-refractivity contribution < 1.29 is 23.1 Å². The van der Waals surface area contributed by atoms with Gasteiger partial charge in [0.25, 0.3) is 11.8 Å². The van der Waals surface area contributed by atoms with E-state index in [0.717, 1.165) is 32.1 Å². The molecule has 2 atom stereocenters. The number of amides is 2. The molecule has 4 fully saturated rings. The second-order valence-electron chi connectivity index (χ2n) is 9.88. The third kappa shape index (κ3) is 4.41. The maximum absolute atomic E-state index is 13.1. The smallest absolute Gasteiger partial charge is 0.387 e. The number of hydrogen-bond donors (Lipinski definition) is 2. The molecule has 4 bridgehead atoms. The van der Waals surface area contributed by atoms with Gasteiger partial charge in [0, 0.05) is 22.8 Å². The molecule has 1 aromatic heterocycles. The molecule has 4 aliphatic rings. The molecule has 2 unspecified atom stereocenters. The molecule has 174 valence electrons. The Hall–Kier alpha value is -3.10. The zero-order valence-corrected chi connectivity index (χ0v) is 18.3. The summed E-state index contributed by atoms with van der Waals surface area (Å²) in [4.78, 5) is 34.4. The molecule has 6 rings (SSSR count). The largest absolute Gasteiger partial charge is 0.435 e. The molecule has 4 aliphatic carbocycles. The highest BCUT2D eigenvalue weighted by Gasteiger charge is 2.58. The molecule has 0 spiro atoms. The highest BCUT2D eigenvalue weighted by molar-refractivity contribution is 5.95. The first kappa shape index (κ1) is 21.7. The van der Waals surface area contributed by atoms with Crippen LogP contribution >= 0.6 is 0 Å². The van der Waals surface area contributed by atoms with Crippen LogP contribution in [0.1, 0.15) is 65.1 Å². The maximum Gasteiger partial charge on any atom is 0.387 e. The number of carbonyl (C=O) groups is 2. The van der Waals surface area contributed by atoms with Crippen molar-refractivity contribution in [3.8, 4) is 5.75 Å². The normalized spacial score (nSPS) is 29.7. The second kappa shape index (κ2) is 8.04. The summed E-state index contributed by atoms with van der Waals surface area (Å²) in [5.74, 6) is 0.202. The molecule has 7 nitrogen and oxygen atoms in total. The molecule has 2 aromatic rings. The first-order valence-corrected chi connectivity index (χ1v) is 11.2. The Bertz CT molecular complexity index is 1080. The minimum atomic E-state index is -2.95. The number of alkyl halides is 2. The van der Waals surface area contributed by atoms with E-state index in [1.54, 1.807) is 19.2 Å². The van der Waals surface area contributed by atoms with Gasteiger partial charge in [-0.15, -0.1) is 0 Å². The minimum absolute atomic E-state index is 0.0499. The number of halogens is 2. The number of ether oxygens (including phenoxy) is 1. The summed E-state index contributed by atoms with van der Waals surface area (Å²) in [6.45, 7) is -1.16. The van der Waals surface area contributed by atoms with E-state index in [1.165, 1.54) is 24.4 Å². The Morgan fingerprint density at radius 1 is 1.06 bits per heavy atom. The first-order valence-electron chi connectivity index (χ1n) is 11.2. The average molecular weight is 456 g/mol. The summed E-state index contributed by atoms with van der Waals surface area (Å²) in [7, 11) is 0. The Balaban J connectivity index is 1.35. The summed E-state index contributed by atoms with van der Waals surface area (Å²) < 4.78 is 29.6. The van der Waals surface area contributed by atoms with E-state index in [9.17, 15) is 18.4 Å². The van der Waals surface area contributed by atoms with Crippen LogP contribution in [-0.2, 0) is 0 Å². The van der Waals surface area contributed by atoms with Crippen LogP contribution in [0.25, 0.3) is 0 Å². The average Bonchev–Trinajstić information content (AvgIpc) is 2.72. The number of nitrogens with zero attached hydrogens (tertiary/aromatic N) is 2.